The number of hydrogen-bond acceptors (Lipinski definition) is 4. The van der Waals surface area contributed by atoms with E-state index in [0.29, 0.717) is 12.2 Å². The quantitative estimate of drug-likeness (QED) is 0.663. The molecule has 1 fully saturated rings. The fraction of sp³-hybridized carbons (Fsp3) is 0.818. The summed E-state index contributed by atoms with van der Waals surface area (Å²) < 4.78 is 0. The molecule has 0 spiro atoms. The van der Waals surface area contributed by atoms with Gasteiger partial charge in [0.2, 0.25) is 5.91 Å². The predicted octanol–water partition coefficient (Wildman–Crippen LogP) is 0.307. The lowest BCUT2D eigenvalue weighted by Crippen LogP contribution is -2.53. The molecule has 2 atom stereocenters. The summed E-state index contributed by atoms with van der Waals surface area (Å²) in [5.74, 6) is 0.781. The first-order valence-corrected chi connectivity index (χ1v) is 7.00. The molecule has 0 bridgehead atoms. The maximum Gasteiger partial charge on any atom is 0.326 e. The van der Waals surface area contributed by atoms with Crippen molar-refractivity contribution in [2.75, 3.05) is 18.1 Å². The minimum Gasteiger partial charge on any atom is -0.480 e. The molecular formula is C11H20N2O3S. The smallest absolute Gasteiger partial charge is 0.326 e. The van der Waals surface area contributed by atoms with Gasteiger partial charge in [0, 0.05) is 18.1 Å². The highest BCUT2D eigenvalue weighted by atomic mass is 32.2. The van der Waals surface area contributed by atoms with Crippen LogP contribution in [0.4, 0.5) is 0 Å². The number of carbonyl (C=O) groups is 2. The molecule has 1 aliphatic rings. The van der Waals surface area contributed by atoms with Crippen molar-refractivity contribution in [2.24, 2.45) is 5.92 Å². The fourth-order valence-corrected chi connectivity index (χ4v) is 2.63. The number of rotatable bonds is 5. The van der Waals surface area contributed by atoms with Crippen molar-refractivity contribution in [1.82, 2.24) is 10.6 Å². The van der Waals surface area contributed by atoms with Gasteiger partial charge in [-0.15, -0.1) is 0 Å². The SMILES string of the molecule is CC(C)CC(NC(=O)C1CSCCN1)C(=O)O. The van der Waals surface area contributed by atoms with Crippen molar-refractivity contribution < 1.29 is 14.7 Å². The number of amides is 1. The van der Waals surface area contributed by atoms with Gasteiger partial charge in [-0.05, 0) is 12.3 Å². The third-order valence-electron chi connectivity index (χ3n) is 2.56. The summed E-state index contributed by atoms with van der Waals surface area (Å²) in [4.78, 5) is 22.9. The molecule has 1 heterocycles. The van der Waals surface area contributed by atoms with Crippen LogP contribution in [0.15, 0.2) is 0 Å². The van der Waals surface area contributed by atoms with Crippen molar-refractivity contribution in [1.29, 1.82) is 0 Å². The van der Waals surface area contributed by atoms with E-state index in [1.807, 2.05) is 13.8 Å². The second-order valence-corrected chi connectivity index (χ2v) is 5.76. The van der Waals surface area contributed by atoms with Gasteiger partial charge < -0.3 is 15.7 Å². The highest BCUT2D eigenvalue weighted by molar-refractivity contribution is 7.99. The van der Waals surface area contributed by atoms with E-state index in [1.165, 1.54) is 0 Å². The lowest BCUT2D eigenvalue weighted by Gasteiger charge is -2.24. The lowest BCUT2D eigenvalue weighted by molar-refractivity contribution is -0.142. The summed E-state index contributed by atoms with van der Waals surface area (Å²) in [6.45, 7) is 4.68. The Labute approximate surface area is 106 Å². The van der Waals surface area contributed by atoms with Crippen LogP contribution in [0.1, 0.15) is 20.3 Å². The third kappa shape index (κ3) is 4.95. The first kappa shape index (κ1) is 14.3. The zero-order valence-corrected chi connectivity index (χ0v) is 11.0. The minimum atomic E-state index is -0.962. The number of carbonyl (C=O) groups excluding carboxylic acids is 1. The Morgan fingerprint density at radius 1 is 1.53 bits per heavy atom. The van der Waals surface area contributed by atoms with Gasteiger partial charge in [-0.2, -0.15) is 11.8 Å². The molecule has 2 unspecified atom stereocenters. The van der Waals surface area contributed by atoms with Crippen molar-refractivity contribution in [2.45, 2.75) is 32.4 Å². The van der Waals surface area contributed by atoms with E-state index in [0.717, 1.165) is 12.3 Å². The summed E-state index contributed by atoms with van der Waals surface area (Å²) >= 11 is 1.71. The van der Waals surface area contributed by atoms with Gasteiger partial charge in [-0.25, -0.2) is 4.79 Å². The molecule has 0 aromatic rings. The van der Waals surface area contributed by atoms with Crippen molar-refractivity contribution in [3.8, 4) is 0 Å². The molecule has 0 saturated carbocycles. The summed E-state index contributed by atoms with van der Waals surface area (Å²) in [6, 6.07) is -1.04. The maximum absolute atomic E-state index is 11.8. The summed E-state index contributed by atoms with van der Waals surface area (Å²) in [5.41, 5.74) is 0. The topological polar surface area (TPSA) is 78.4 Å². The van der Waals surface area contributed by atoms with Gasteiger partial charge in [0.15, 0.2) is 0 Å². The Hall–Kier alpha value is -0.750. The van der Waals surface area contributed by atoms with Crippen LogP contribution >= 0.6 is 11.8 Å². The first-order chi connectivity index (χ1) is 8.00. The van der Waals surface area contributed by atoms with E-state index in [9.17, 15) is 9.59 Å². The van der Waals surface area contributed by atoms with E-state index in [1.54, 1.807) is 11.8 Å². The number of nitrogens with one attached hydrogen (secondary N) is 2. The first-order valence-electron chi connectivity index (χ1n) is 5.85. The van der Waals surface area contributed by atoms with Gasteiger partial charge in [-0.3, -0.25) is 4.79 Å². The lowest BCUT2D eigenvalue weighted by atomic mass is 10.0. The number of thioether (sulfide) groups is 1. The van der Waals surface area contributed by atoms with Gasteiger partial charge >= 0.3 is 5.97 Å². The van der Waals surface area contributed by atoms with Crippen LogP contribution in [-0.2, 0) is 9.59 Å². The molecule has 1 amide bonds. The minimum absolute atomic E-state index is 0.203. The number of carboxylic acids is 1. The Morgan fingerprint density at radius 3 is 2.71 bits per heavy atom. The third-order valence-corrected chi connectivity index (χ3v) is 3.62. The van der Waals surface area contributed by atoms with Gasteiger partial charge in [0.05, 0.1) is 6.04 Å². The van der Waals surface area contributed by atoms with Crippen LogP contribution in [0.5, 0.6) is 0 Å². The molecule has 5 nitrogen and oxygen atoms in total. The number of hydrogen-bond donors (Lipinski definition) is 3. The van der Waals surface area contributed by atoms with E-state index in [2.05, 4.69) is 10.6 Å². The van der Waals surface area contributed by atoms with Gasteiger partial charge in [-0.1, -0.05) is 13.8 Å². The zero-order chi connectivity index (χ0) is 12.8. The fourth-order valence-electron chi connectivity index (χ4n) is 1.70. The Bertz CT molecular complexity index is 278. The van der Waals surface area contributed by atoms with Crippen LogP contribution in [0.2, 0.25) is 0 Å². The molecule has 3 N–H and O–H groups in total. The van der Waals surface area contributed by atoms with E-state index >= 15 is 0 Å². The van der Waals surface area contributed by atoms with Crippen molar-refractivity contribution >= 4 is 23.6 Å². The monoisotopic (exact) mass is 260 g/mol. The van der Waals surface area contributed by atoms with Crippen LogP contribution in [0.25, 0.3) is 0 Å². The van der Waals surface area contributed by atoms with Crippen molar-refractivity contribution in [3.05, 3.63) is 0 Å². The van der Waals surface area contributed by atoms with Crippen molar-refractivity contribution in [3.63, 3.8) is 0 Å². The normalized spacial score (nSPS) is 22.2. The summed E-state index contributed by atoms with van der Waals surface area (Å²) in [5, 5.41) is 14.7. The van der Waals surface area contributed by atoms with E-state index in [4.69, 9.17) is 5.11 Å². The number of aliphatic carboxylic acids is 1. The molecule has 1 aliphatic heterocycles. The molecule has 0 radical (unpaired) electrons. The molecule has 17 heavy (non-hydrogen) atoms. The summed E-state index contributed by atoms with van der Waals surface area (Å²) in [7, 11) is 0. The molecule has 6 heteroatoms. The second kappa shape index (κ2) is 6.86. The predicted molar refractivity (Wildman–Crippen MR) is 68.1 cm³/mol. The number of carboxylic acid groups (broad SMARTS) is 1. The van der Waals surface area contributed by atoms with Crippen LogP contribution < -0.4 is 10.6 Å². The molecule has 0 aliphatic carbocycles. The Kier molecular flexibility index (Phi) is 5.77. The average molecular weight is 260 g/mol. The average Bonchev–Trinajstić information content (AvgIpc) is 2.28. The molecular weight excluding hydrogens is 240 g/mol. The van der Waals surface area contributed by atoms with E-state index < -0.39 is 12.0 Å². The van der Waals surface area contributed by atoms with Crippen LogP contribution in [-0.4, -0.2) is 47.1 Å². The second-order valence-electron chi connectivity index (χ2n) is 4.61. The highest BCUT2D eigenvalue weighted by Gasteiger charge is 2.26. The standard InChI is InChI=1S/C11H20N2O3S/c1-7(2)5-8(11(15)16)13-10(14)9-6-17-4-3-12-9/h7-9,12H,3-6H2,1-2H3,(H,13,14)(H,15,16). The molecule has 1 saturated heterocycles. The van der Waals surface area contributed by atoms with Gasteiger partial charge in [0.25, 0.3) is 0 Å². The molecule has 1 rings (SSSR count). The molecule has 0 aromatic heterocycles. The largest absolute Gasteiger partial charge is 0.480 e. The van der Waals surface area contributed by atoms with E-state index in [-0.39, 0.29) is 17.9 Å². The molecule has 98 valence electrons. The zero-order valence-electron chi connectivity index (χ0n) is 10.2. The maximum atomic E-state index is 11.8. The Balaban J connectivity index is 2.47. The van der Waals surface area contributed by atoms with Crippen LogP contribution in [0, 0.1) is 5.92 Å². The molecule has 0 aromatic carbocycles. The summed E-state index contributed by atoms with van der Waals surface area (Å²) in [6.07, 6.45) is 0.459. The Morgan fingerprint density at radius 2 is 2.24 bits per heavy atom. The highest BCUT2D eigenvalue weighted by Crippen LogP contribution is 2.09. The van der Waals surface area contributed by atoms with Crippen LogP contribution in [0.3, 0.4) is 0 Å². The van der Waals surface area contributed by atoms with Gasteiger partial charge in [0.1, 0.15) is 6.04 Å².